The van der Waals surface area contributed by atoms with Gasteiger partial charge in [0.2, 0.25) is 0 Å². The molecule has 0 radical (unpaired) electrons. The van der Waals surface area contributed by atoms with E-state index in [2.05, 4.69) is 35.0 Å². The number of ether oxygens (including phenoxy) is 1. The zero-order valence-corrected chi connectivity index (χ0v) is 16.8. The molecule has 5 rings (SSSR count). The second kappa shape index (κ2) is 7.33. The highest BCUT2D eigenvalue weighted by Crippen LogP contribution is 2.34. The molecule has 1 atom stereocenters. The third-order valence-corrected chi connectivity index (χ3v) is 7.00. The lowest BCUT2D eigenvalue weighted by molar-refractivity contribution is 0.0467. The Hall–Kier alpha value is -2.18. The van der Waals surface area contributed by atoms with Crippen molar-refractivity contribution in [1.82, 2.24) is 9.88 Å². The molecule has 146 valence electrons. The van der Waals surface area contributed by atoms with Crippen molar-refractivity contribution < 1.29 is 9.13 Å². The van der Waals surface area contributed by atoms with E-state index >= 15 is 0 Å². The van der Waals surface area contributed by atoms with Crippen LogP contribution in [0.1, 0.15) is 18.4 Å². The van der Waals surface area contributed by atoms with E-state index in [-0.39, 0.29) is 12.0 Å². The maximum Gasteiger partial charge on any atom is 0.186 e. The van der Waals surface area contributed by atoms with Crippen LogP contribution in [0.25, 0.3) is 10.2 Å². The first-order valence-electron chi connectivity index (χ1n) is 9.92. The topological polar surface area (TPSA) is 28.6 Å². The molecule has 1 fully saturated rings. The quantitative estimate of drug-likeness (QED) is 0.646. The van der Waals surface area contributed by atoms with Crippen molar-refractivity contribution in [1.29, 1.82) is 0 Å². The number of hydrogen-bond acceptors (Lipinski definition) is 5. The van der Waals surface area contributed by atoms with Crippen LogP contribution in [0.15, 0.2) is 42.5 Å². The summed E-state index contributed by atoms with van der Waals surface area (Å²) in [6, 6.07) is 13.5. The van der Waals surface area contributed by atoms with E-state index in [0.29, 0.717) is 11.7 Å². The minimum Gasteiger partial charge on any atom is -0.471 e. The highest BCUT2D eigenvalue weighted by atomic mass is 32.1. The van der Waals surface area contributed by atoms with E-state index in [1.54, 1.807) is 17.4 Å². The van der Waals surface area contributed by atoms with Crippen molar-refractivity contribution in [2.24, 2.45) is 5.92 Å². The lowest BCUT2D eigenvalue weighted by Gasteiger charge is -2.35. The number of nitrogens with zero attached hydrogens (tertiary/aromatic N) is 3. The highest BCUT2D eigenvalue weighted by molar-refractivity contribution is 7.22. The summed E-state index contributed by atoms with van der Waals surface area (Å²) in [4.78, 5) is 9.46. The monoisotopic (exact) mass is 397 g/mol. The van der Waals surface area contributed by atoms with Gasteiger partial charge in [0.05, 0.1) is 10.2 Å². The standard InChI is InChI=1S/C22H24FN3OS/c1-25(20-13-16-5-4-6-17(23)21(16)27-20)14-15-9-11-26(12-10-15)22-24-18-7-2-3-8-19(18)28-22/h2-8,15,20H,9-14H2,1H3. The van der Waals surface area contributed by atoms with E-state index in [9.17, 15) is 4.39 Å². The first-order chi connectivity index (χ1) is 13.7. The summed E-state index contributed by atoms with van der Waals surface area (Å²) in [5, 5.41) is 1.14. The van der Waals surface area contributed by atoms with E-state index in [1.807, 2.05) is 12.1 Å². The number of halogens is 1. The molecular formula is C22H24FN3OS. The van der Waals surface area contributed by atoms with Crippen molar-refractivity contribution in [2.45, 2.75) is 25.5 Å². The first-order valence-corrected chi connectivity index (χ1v) is 10.7. The molecule has 2 aliphatic heterocycles. The summed E-state index contributed by atoms with van der Waals surface area (Å²) in [6.07, 6.45) is 2.99. The number of piperidine rings is 1. The lowest BCUT2D eigenvalue weighted by Crippen LogP contribution is -2.42. The van der Waals surface area contributed by atoms with Crippen LogP contribution in [-0.2, 0) is 6.42 Å². The van der Waals surface area contributed by atoms with Gasteiger partial charge in [-0.05, 0) is 44.0 Å². The predicted molar refractivity (Wildman–Crippen MR) is 112 cm³/mol. The predicted octanol–water partition coefficient (Wildman–Crippen LogP) is 4.54. The molecule has 1 saturated heterocycles. The lowest BCUT2D eigenvalue weighted by atomic mass is 9.96. The van der Waals surface area contributed by atoms with Crippen molar-refractivity contribution in [2.75, 3.05) is 31.6 Å². The minimum atomic E-state index is -0.252. The summed E-state index contributed by atoms with van der Waals surface area (Å²) in [6.45, 7) is 3.06. The summed E-state index contributed by atoms with van der Waals surface area (Å²) in [5.74, 6) is 0.815. The van der Waals surface area contributed by atoms with Crippen LogP contribution in [-0.4, -0.2) is 42.8 Å². The minimum absolute atomic E-state index is 0.0609. The van der Waals surface area contributed by atoms with E-state index in [0.717, 1.165) is 55.1 Å². The summed E-state index contributed by atoms with van der Waals surface area (Å²) >= 11 is 1.78. The van der Waals surface area contributed by atoms with Crippen molar-refractivity contribution in [3.63, 3.8) is 0 Å². The number of rotatable bonds is 4. The average Bonchev–Trinajstić information content (AvgIpc) is 3.33. The maximum atomic E-state index is 13.9. The molecule has 4 nitrogen and oxygen atoms in total. The van der Waals surface area contributed by atoms with E-state index in [4.69, 9.17) is 9.72 Å². The summed E-state index contributed by atoms with van der Waals surface area (Å²) in [5.41, 5.74) is 2.07. The molecule has 2 aromatic carbocycles. The van der Waals surface area contributed by atoms with Crippen LogP contribution in [0.3, 0.4) is 0 Å². The Morgan fingerprint density at radius 1 is 1.18 bits per heavy atom. The molecule has 1 unspecified atom stereocenters. The Labute approximate surface area is 168 Å². The van der Waals surface area contributed by atoms with Crippen molar-refractivity contribution in [3.8, 4) is 5.75 Å². The van der Waals surface area contributed by atoms with Gasteiger partial charge in [0.1, 0.15) is 0 Å². The summed E-state index contributed by atoms with van der Waals surface area (Å²) in [7, 11) is 2.09. The van der Waals surface area contributed by atoms with Gasteiger partial charge in [0.15, 0.2) is 22.9 Å². The fourth-order valence-corrected chi connectivity index (χ4v) is 5.30. The number of fused-ring (bicyclic) bond motifs is 2. The molecule has 28 heavy (non-hydrogen) atoms. The molecule has 0 spiro atoms. The Bertz CT molecular complexity index is 950. The molecule has 3 heterocycles. The molecule has 3 aromatic rings. The van der Waals surface area contributed by atoms with Gasteiger partial charge >= 0.3 is 0 Å². The van der Waals surface area contributed by atoms with Crippen LogP contribution in [0.2, 0.25) is 0 Å². The molecule has 0 aliphatic carbocycles. The van der Waals surface area contributed by atoms with Gasteiger partial charge in [-0.1, -0.05) is 35.6 Å². The fourth-order valence-electron chi connectivity index (χ4n) is 4.28. The van der Waals surface area contributed by atoms with Crippen LogP contribution >= 0.6 is 11.3 Å². The molecule has 6 heteroatoms. The number of benzene rings is 2. The third kappa shape index (κ3) is 3.35. The summed E-state index contributed by atoms with van der Waals surface area (Å²) < 4.78 is 21.1. The SMILES string of the molecule is CN(CC1CCN(c2nc3ccccc3s2)CC1)C1Cc2cccc(F)c2O1. The number of thiazole rings is 1. The average molecular weight is 398 g/mol. The zero-order valence-electron chi connectivity index (χ0n) is 16.0. The van der Waals surface area contributed by atoms with Crippen LogP contribution in [0, 0.1) is 11.7 Å². The van der Waals surface area contributed by atoms with Crippen molar-refractivity contribution >= 4 is 26.7 Å². The third-order valence-electron chi connectivity index (χ3n) is 5.90. The number of para-hydroxylation sites is 2. The van der Waals surface area contributed by atoms with Gasteiger partial charge in [-0.25, -0.2) is 9.37 Å². The van der Waals surface area contributed by atoms with Crippen LogP contribution < -0.4 is 9.64 Å². The molecular weight excluding hydrogens is 373 g/mol. The normalized spacial score (nSPS) is 20.0. The fraction of sp³-hybridized carbons (Fsp3) is 0.409. The second-order valence-corrected chi connectivity index (χ2v) is 8.85. The van der Waals surface area contributed by atoms with Gasteiger partial charge in [0.25, 0.3) is 0 Å². The second-order valence-electron chi connectivity index (χ2n) is 7.84. The molecule has 2 aliphatic rings. The van der Waals surface area contributed by atoms with Gasteiger partial charge in [-0.3, -0.25) is 4.90 Å². The number of likely N-dealkylation sites (N-methyl/N-ethyl adjacent to an activating group) is 1. The number of hydrogen-bond donors (Lipinski definition) is 0. The molecule has 1 aromatic heterocycles. The number of anilines is 1. The first kappa shape index (κ1) is 17.9. The van der Waals surface area contributed by atoms with Crippen LogP contribution in [0.5, 0.6) is 5.75 Å². The molecule has 0 amide bonds. The maximum absolute atomic E-state index is 13.9. The number of aromatic nitrogens is 1. The molecule has 0 saturated carbocycles. The van der Waals surface area contributed by atoms with Crippen molar-refractivity contribution in [3.05, 3.63) is 53.8 Å². The smallest absolute Gasteiger partial charge is 0.186 e. The highest BCUT2D eigenvalue weighted by Gasteiger charge is 2.31. The molecule has 0 N–H and O–H groups in total. The van der Waals surface area contributed by atoms with Gasteiger partial charge < -0.3 is 9.64 Å². The molecule has 0 bridgehead atoms. The Morgan fingerprint density at radius 3 is 2.79 bits per heavy atom. The zero-order chi connectivity index (χ0) is 19.1. The van der Waals surface area contributed by atoms with E-state index in [1.165, 1.54) is 10.8 Å². The largest absolute Gasteiger partial charge is 0.471 e. The van der Waals surface area contributed by atoms with Gasteiger partial charge in [-0.15, -0.1) is 0 Å². The Balaban J connectivity index is 1.17. The Morgan fingerprint density at radius 2 is 2.00 bits per heavy atom. The van der Waals surface area contributed by atoms with E-state index < -0.39 is 0 Å². The Kier molecular flexibility index (Phi) is 4.69. The van der Waals surface area contributed by atoms with Gasteiger partial charge in [0, 0.05) is 31.6 Å². The van der Waals surface area contributed by atoms with Crippen LogP contribution in [0.4, 0.5) is 9.52 Å². The van der Waals surface area contributed by atoms with Gasteiger partial charge in [-0.2, -0.15) is 0 Å².